The van der Waals surface area contributed by atoms with Crippen LogP contribution in [0.1, 0.15) is 33.6 Å². The number of rotatable bonds is 4. The number of benzene rings is 2. The van der Waals surface area contributed by atoms with Gasteiger partial charge in [-0.3, -0.25) is 19.7 Å². The Morgan fingerprint density at radius 1 is 0.875 bits per heavy atom. The largest absolute Gasteiger partial charge is 0.366 e. The molecule has 0 aromatic heterocycles. The quantitative estimate of drug-likeness (QED) is 0.489. The maximum absolute atomic E-state index is 13.0. The molecule has 0 unspecified atom stereocenters. The number of hydrogen-bond donors (Lipinski definition) is 0. The second kappa shape index (κ2) is 9.34. The zero-order valence-electron chi connectivity index (χ0n) is 17.3. The van der Waals surface area contributed by atoms with E-state index in [9.17, 15) is 19.7 Å². The van der Waals surface area contributed by atoms with Crippen LogP contribution in [0.25, 0.3) is 0 Å². The number of carbonyl (C=O) groups excluding carboxylic acids is 2. The Bertz CT molecular complexity index is 1060. The highest BCUT2D eigenvalue weighted by Crippen LogP contribution is 2.32. The highest BCUT2D eigenvalue weighted by atomic mass is 35.5. The maximum atomic E-state index is 13.0. The minimum atomic E-state index is -0.435. The first kappa shape index (κ1) is 22.4. The molecule has 2 amide bonds. The summed E-state index contributed by atoms with van der Waals surface area (Å²) in [6.07, 6.45) is 2.00. The second-order valence-corrected chi connectivity index (χ2v) is 8.63. The van der Waals surface area contributed by atoms with Gasteiger partial charge >= 0.3 is 0 Å². The highest BCUT2D eigenvalue weighted by Gasteiger charge is 2.29. The number of hydrogen-bond acceptors (Lipinski definition) is 5. The predicted molar refractivity (Wildman–Crippen MR) is 123 cm³/mol. The molecule has 8 nitrogen and oxygen atoms in total. The molecule has 0 spiro atoms. The van der Waals surface area contributed by atoms with Crippen molar-refractivity contribution in [3.63, 3.8) is 0 Å². The fourth-order valence-corrected chi connectivity index (χ4v) is 4.54. The number of nitrogens with zero attached hydrogens (tertiary/aromatic N) is 4. The van der Waals surface area contributed by atoms with Crippen LogP contribution in [0, 0.1) is 10.1 Å². The minimum absolute atomic E-state index is 0.0536. The van der Waals surface area contributed by atoms with Gasteiger partial charge in [-0.25, -0.2) is 0 Å². The normalized spacial score (nSPS) is 16.4. The Morgan fingerprint density at radius 3 is 2.12 bits per heavy atom. The lowest BCUT2D eigenvalue weighted by molar-refractivity contribution is -0.384. The smallest absolute Gasteiger partial charge is 0.293 e. The minimum Gasteiger partial charge on any atom is -0.366 e. The van der Waals surface area contributed by atoms with Crippen LogP contribution in [0.15, 0.2) is 36.4 Å². The maximum Gasteiger partial charge on any atom is 0.293 e. The monoisotopic (exact) mass is 476 g/mol. The third kappa shape index (κ3) is 4.38. The van der Waals surface area contributed by atoms with Crippen molar-refractivity contribution in [1.82, 2.24) is 9.80 Å². The molecule has 10 heteroatoms. The van der Waals surface area contributed by atoms with Crippen molar-refractivity contribution in [1.29, 1.82) is 0 Å². The van der Waals surface area contributed by atoms with Crippen molar-refractivity contribution in [2.45, 2.75) is 12.8 Å². The van der Waals surface area contributed by atoms with Gasteiger partial charge in [0.15, 0.2) is 0 Å². The van der Waals surface area contributed by atoms with Gasteiger partial charge < -0.3 is 14.7 Å². The molecule has 0 saturated carbocycles. The van der Waals surface area contributed by atoms with Gasteiger partial charge in [0.05, 0.1) is 20.5 Å². The van der Waals surface area contributed by atoms with Crippen LogP contribution in [0.3, 0.4) is 0 Å². The summed E-state index contributed by atoms with van der Waals surface area (Å²) in [5.41, 5.74) is 1.10. The molecule has 2 aromatic rings. The average Bonchev–Trinajstić information content (AvgIpc) is 3.34. The van der Waals surface area contributed by atoms with Crippen molar-refractivity contribution in [2.24, 2.45) is 0 Å². The summed E-state index contributed by atoms with van der Waals surface area (Å²) in [5, 5.41) is 12.1. The van der Waals surface area contributed by atoms with Gasteiger partial charge in [0.2, 0.25) is 0 Å². The van der Waals surface area contributed by atoms with Gasteiger partial charge in [-0.1, -0.05) is 29.3 Å². The Labute approximate surface area is 195 Å². The summed E-state index contributed by atoms with van der Waals surface area (Å²) in [4.78, 5) is 42.2. The topological polar surface area (TPSA) is 87.0 Å². The van der Waals surface area contributed by atoms with E-state index in [-0.39, 0.29) is 28.1 Å². The number of amides is 2. The lowest BCUT2D eigenvalue weighted by Gasteiger charge is -2.35. The van der Waals surface area contributed by atoms with Gasteiger partial charge in [-0.2, -0.15) is 0 Å². The fraction of sp³-hybridized carbons (Fsp3) is 0.364. The standard InChI is InChI=1S/C22H22Cl2N4O4/c23-17-5-3-4-16(20(17)24)22(30)27-12-10-26(11-13-27)21(29)15-6-7-18(19(14-15)28(31)32)25-8-1-2-9-25/h3-7,14H,1-2,8-13H2. The van der Waals surface area contributed by atoms with Crippen LogP contribution in [0.2, 0.25) is 10.0 Å². The zero-order chi connectivity index (χ0) is 22.8. The SMILES string of the molecule is O=C(c1ccc(N2CCCC2)c([N+](=O)[O-])c1)N1CCN(C(=O)c2cccc(Cl)c2Cl)CC1. The first-order chi connectivity index (χ1) is 15.4. The van der Waals surface area contributed by atoms with Crippen molar-refractivity contribution in [3.8, 4) is 0 Å². The van der Waals surface area contributed by atoms with Gasteiger partial charge in [-0.15, -0.1) is 0 Å². The number of halogens is 2. The van der Waals surface area contributed by atoms with E-state index in [0.717, 1.165) is 25.9 Å². The number of carbonyl (C=O) groups is 2. The van der Waals surface area contributed by atoms with E-state index in [0.29, 0.717) is 42.5 Å². The molecule has 2 fully saturated rings. The molecular weight excluding hydrogens is 455 g/mol. The van der Waals surface area contributed by atoms with E-state index >= 15 is 0 Å². The molecule has 0 bridgehead atoms. The molecule has 2 heterocycles. The Hall–Kier alpha value is -2.84. The number of nitro benzene ring substituents is 1. The van der Waals surface area contributed by atoms with Crippen LogP contribution in [-0.4, -0.2) is 65.8 Å². The Balaban J connectivity index is 1.45. The summed E-state index contributed by atoms with van der Waals surface area (Å²) < 4.78 is 0. The van der Waals surface area contributed by atoms with Crippen LogP contribution in [0.5, 0.6) is 0 Å². The predicted octanol–water partition coefficient (Wildman–Crippen LogP) is 4.10. The summed E-state index contributed by atoms with van der Waals surface area (Å²) in [6.45, 7) is 2.87. The molecule has 32 heavy (non-hydrogen) atoms. The molecule has 2 saturated heterocycles. The van der Waals surface area contributed by atoms with Crippen molar-refractivity contribution in [2.75, 3.05) is 44.2 Å². The third-order valence-corrected chi connectivity index (χ3v) is 6.72. The van der Waals surface area contributed by atoms with E-state index in [1.54, 1.807) is 40.1 Å². The van der Waals surface area contributed by atoms with E-state index in [2.05, 4.69) is 0 Å². The summed E-state index contributed by atoms with van der Waals surface area (Å²) in [7, 11) is 0. The first-order valence-corrected chi connectivity index (χ1v) is 11.2. The molecule has 168 valence electrons. The van der Waals surface area contributed by atoms with Crippen LogP contribution >= 0.6 is 23.2 Å². The Morgan fingerprint density at radius 2 is 1.50 bits per heavy atom. The Kier molecular flexibility index (Phi) is 6.53. The van der Waals surface area contributed by atoms with E-state index in [4.69, 9.17) is 23.2 Å². The lowest BCUT2D eigenvalue weighted by atomic mass is 10.1. The van der Waals surface area contributed by atoms with Gasteiger partial charge in [0, 0.05) is 50.9 Å². The summed E-state index contributed by atoms with van der Waals surface area (Å²) in [5.74, 6) is -0.524. The molecule has 0 aliphatic carbocycles. The first-order valence-electron chi connectivity index (χ1n) is 10.4. The zero-order valence-corrected chi connectivity index (χ0v) is 18.8. The molecule has 2 aliphatic rings. The number of piperazine rings is 1. The number of nitro groups is 1. The van der Waals surface area contributed by atoms with Gasteiger partial charge in [0.25, 0.3) is 17.5 Å². The van der Waals surface area contributed by atoms with Crippen LogP contribution in [-0.2, 0) is 0 Å². The van der Waals surface area contributed by atoms with Crippen molar-refractivity contribution < 1.29 is 14.5 Å². The summed E-state index contributed by atoms with van der Waals surface area (Å²) in [6, 6.07) is 9.57. The molecule has 0 atom stereocenters. The van der Waals surface area contributed by atoms with Gasteiger partial charge in [-0.05, 0) is 37.1 Å². The van der Waals surface area contributed by atoms with Crippen LogP contribution in [0.4, 0.5) is 11.4 Å². The molecular formula is C22H22Cl2N4O4. The molecule has 2 aliphatic heterocycles. The lowest BCUT2D eigenvalue weighted by Crippen LogP contribution is -2.50. The molecule has 0 N–H and O–H groups in total. The summed E-state index contributed by atoms with van der Waals surface area (Å²) >= 11 is 12.2. The molecule has 2 aromatic carbocycles. The van der Waals surface area contributed by atoms with Crippen molar-refractivity contribution in [3.05, 3.63) is 67.7 Å². The number of anilines is 1. The van der Waals surface area contributed by atoms with E-state index in [1.165, 1.54) is 6.07 Å². The van der Waals surface area contributed by atoms with Gasteiger partial charge in [0.1, 0.15) is 5.69 Å². The average molecular weight is 477 g/mol. The highest BCUT2D eigenvalue weighted by molar-refractivity contribution is 6.43. The van der Waals surface area contributed by atoms with Crippen LogP contribution < -0.4 is 4.90 Å². The second-order valence-electron chi connectivity index (χ2n) is 7.84. The molecule has 4 rings (SSSR count). The fourth-order valence-electron chi connectivity index (χ4n) is 4.16. The van der Waals surface area contributed by atoms with E-state index < -0.39 is 4.92 Å². The van der Waals surface area contributed by atoms with Crippen molar-refractivity contribution >= 4 is 46.4 Å². The van der Waals surface area contributed by atoms with E-state index in [1.807, 2.05) is 4.90 Å². The third-order valence-electron chi connectivity index (χ3n) is 5.90. The molecule has 0 radical (unpaired) electrons.